The van der Waals surface area contributed by atoms with Gasteiger partial charge < -0.3 is 9.88 Å². The SMILES string of the molecule is CCCN(CC(=O)N(C)C)S(=O)(=O)c1ccc2[nH]c(=O)[nH]c(=O)c2c1. The maximum Gasteiger partial charge on any atom is 0.326 e. The van der Waals surface area contributed by atoms with Crippen molar-refractivity contribution in [2.75, 3.05) is 27.2 Å². The number of amides is 1. The minimum Gasteiger partial charge on any atom is -0.348 e. The highest BCUT2D eigenvalue weighted by molar-refractivity contribution is 7.89. The zero-order valence-electron chi connectivity index (χ0n) is 14.2. The lowest BCUT2D eigenvalue weighted by Gasteiger charge is -2.23. The van der Waals surface area contributed by atoms with Gasteiger partial charge in [0.15, 0.2) is 0 Å². The van der Waals surface area contributed by atoms with Gasteiger partial charge in [-0.25, -0.2) is 13.2 Å². The van der Waals surface area contributed by atoms with Gasteiger partial charge in [0.05, 0.1) is 22.3 Å². The lowest BCUT2D eigenvalue weighted by molar-refractivity contribution is -0.128. The molecule has 0 fully saturated rings. The summed E-state index contributed by atoms with van der Waals surface area (Å²) in [5.74, 6) is -0.347. The van der Waals surface area contributed by atoms with E-state index < -0.39 is 21.3 Å². The first-order chi connectivity index (χ1) is 11.7. The highest BCUT2D eigenvalue weighted by atomic mass is 32.2. The van der Waals surface area contributed by atoms with Crippen LogP contribution in [-0.4, -0.2) is 60.7 Å². The zero-order chi connectivity index (χ0) is 18.8. The molecule has 1 heterocycles. The zero-order valence-corrected chi connectivity index (χ0v) is 15.0. The molecular formula is C15H20N4O5S. The first-order valence-corrected chi connectivity index (χ1v) is 9.07. The summed E-state index contributed by atoms with van der Waals surface area (Å²) in [7, 11) is -0.876. The van der Waals surface area contributed by atoms with Crippen molar-refractivity contribution in [3.8, 4) is 0 Å². The number of likely N-dealkylation sites (N-methyl/N-ethyl adjacent to an activating group) is 1. The summed E-state index contributed by atoms with van der Waals surface area (Å²) < 4.78 is 26.8. The van der Waals surface area contributed by atoms with Gasteiger partial charge in [0.2, 0.25) is 15.9 Å². The fourth-order valence-electron chi connectivity index (χ4n) is 2.28. The van der Waals surface area contributed by atoms with Crippen molar-refractivity contribution in [1.82, 2.24) is 19.2 Å². The number of H-pyrrole nitrogens is 2. The maximum atomic E-state index is 12.9. The van der Waals surface area contributed by atoms with Crippen LogP contribution in [0.5, 0.6) is 0 Å². The topological polar surface area (TPSA) is 123 Å². The van der Waals surface area contributed by atoms with Crippen LogP contribution in [0.4, 0.5) is 0 Å². The van der Waals surface area contributed by atoms with Gasteiger partial charge in [-0.2, -0.15) is 4.31 Å². The van der Waals surface area contributed by atoms with E-state index >= 15 is 0 Å². The van der Waals surface area contributed by atoms with Gasteiger partial charge >= 0.3 is 5.69 Å². The molecule has 0 unspecified atom stereocenters. The van der Waals surface area contributed by atoms with Crippen LogP contribution in [0.1, 0.15) is 13.3 Å². The van der Waals surface area contributed by atoms with Crippen LogP contribution in [0, 0.1) is 0 Å². The summed E-state index contributed by atoms with van der Waals surface area (Å²) >= 11 is 0. The molecule has 9 nitrogen and oxygen atoms in total. The molecule has 0 aliphatic heterocycles. The molecule has 136 valence electrons. The van der Waals surface area contributed by atoms with E-state index in [4.69, 9.17) is 0 Å². The third kappa shape index (κ3) is 3.97. The van der Waals surface area contributed by atoms with Crippen molar-refractivity contribution in [2.24, 2.45) is 0 Å². The van der Waals surface area contributed by atoms with Crippen LogP contribution >= 0.6 is 0 Å². The molecule has 1 amide bonds. The second-order valence-electron chi connectivity index (χ2n) is 5.74. The van der Waals surface area contributed by atoms with E-state index in [9.17, 15) is 22.8 Å². The standard InChI is InChI=1S/C15H20N4O5S/c1-4-7-19(9-13(20)18(2)3)25(23,24)10-5-6-12-11(8-10)14(21)17-15(22)16-12/h5-6,8H,4,7,9H2,1-3H3,(H2,16,17,21,22). The lowest BCUT2D eigenvalue weighted by atomic mass is 10.2. The number of aromatic amines is 2. The van der Waals surface area contributed by atoms with Gasteiger partial charge in [-0.1, -0.05) is 6.92 Å². The van der Waals surface area contributed by atoms with Crippen LogP contribution in [0.25, 0.3) is 10.9 Å². The van der Waals surface area contributed by atoms with Crippen LogP contribution in [0.2, 0.25) is 0 Å². The molecule has 0 saturated carbocycles. The van der Waals surface area contributed by atoms with E-state index in [1.807, 2.05) is 0 Å². The monoisotopic (exact) mass is 368 g/mol. The molecule has 0 aliphatic rings. The number of nitrogens with zero attached hydrogens (tertiary/aromatic N) is 2. The second kappa shape index (κ2) is 7.19. The summed E-state index contributed by atoms with van der Waals surface area (Å²) in [6.45, 7) is 1.68. The van der Waals surface area contributed by atoms with Gasteiger partial charge in [0.1, 0.15) is 0 Å². The fraction of sp³-hybridized carbons (Fsp3) is 0.400. The first kappa shape index (κ1) is 18.9. The smallest absolute Gasteiger partial charge is 0.326 e. The minimum absolute atomic E-state index is 0.0519. The van der Waals surface area contributed by atoms with Crippen molar-refractivity contribution in [1.29, 1.82) is 0 Å². The minimum atomic E-state index is -3.97. The van der Waals surface area contributed by atoms with E-state index in [-0.39, 0.29) is 34.8 Å². The Balaban J connectivity index is 2.52. The van der Waals surface area contributed by atoms with Gasteiger partial charge in [0, 0.05) is 20.6 Å². The number of carbonyl (C=O) groups excluding carboxylic acids is 1. The third-order valence-corrected chi connectivity index (χ3v) is 5.47. The van der Waals surface area contributed by atoms with Crippen LogP contribution in [-0.2, 0) is 14.8 Å². The molecule has 2 N–H and O–H groups in total. The Bertz CT molecular complexity index is 1010. The summed E-state index contributed by atoms with van der Waals surface area (Å²) in [6, 6.07) is 3.86. The normalized spacial score (nSPS) is 11.8. The number of fused-ring (bicyclic) bond motifs is 1. The number of aromatic nitrogens is 2. The van der Waals surface area contributed by atoms with Crippen molar-refractivity contribution in [3.05, 3.63) is 39.0 Å². The average molecular weight is 368 g/mol. The van der Waals surface area contributed by atoms with Crippen molar-refractivity contribution in [3.63, 3.8) is 0 Å². The molecule has 2 rings (SSSR count). The highest BCUT2D eigenvalue weighted by Crippen LogP contribution is 2.19. The highest BCUT2D eigenvalue weighted by Gasteiger charge is 2.27. The second-order valence-corrected chi connectivity index (χ2v) is 7.68. The number of hydrogen-bond donors (Lipinski definition) is 2. The number of benzene rings is 1. The van der Waals surface area contributed by atoms with E-state index in [2.05, 4.69) is 9.97 Å². The molecular weight excluding hydrogens is 348 g/mol. The van der Waals surface area contributed by atoms with Gasteiger partial charge in [-0.15, -0.1) is 0 Å². The van der Waals surface area contributed by atoms with E-state index in [0.29, 0.717) is 6.42 Å². The number of hydrogen-bond acceptors (Lipinski definition) is 5. The van der Waals surface area contributed by atoms with Crippen LogP contribution in [0.15, 0.2) is 32.7 Å². The molecule has 0 radical (unpaired) electrons. The Morgan fingerprint density at radius 2 is 1.84 bits per heavy atom. The van der Waals surface area contributed by atoms with Gasteiger partial charge in [0.25, 0.3) is 5.56 Å². The predicted molar refractivity (Wildman–Crippen MR) is 92.9 cm³/mol. The number of sulfonamides is 1. The molecule has 1 aromatic carbocycles. The molecule has 0 atom stereocenters. The number of rotatable bonds is 6. The van der Waals surface area contributed by atoms with Crippen molar-refractivity contribution < 1.29 is 13.2 Å². The first-order valence-electron chi connectivity index (χ1n) is 7.63. The Morgan fingerprint density at radius 3 is 2.44 bits per heavy atom. The van der Waals surface area contributed by atoms with Crippen LogP contribution < -0.4 is 11.2 Å². The Hall–Kier alpha value is -2.46. The quantitative estimate of drug-likeness (QED) is 0.725. The van der Waals surface area contributed by atoms with Gasteiger partial charge in [-0.05, 0) is 24.6 Å². The summed E-state index contributed by atoms with van der Waals surface area (Å²) in [4.78, 5) is 40.8. The molecule has 0 aliphatic carbocycles. The number of carbonyl (C=O) groups is 1. The molecule has 0 spiro atoms. The van der Waals surface area contributed by atoms with Crippen LogP contribution in [0.3, 0.4) is 0 Å². The summed E-state index contributed by atoms with van der Waals surface area (Å²) in [6.07, 6.45) is 0.529. The molecule has 1 aromatic heterocycles. The molecule has 0 bridgehead atoms. The molecule has 25 heavy (non-hydrogen) atoms. The van der Waals surface area contributed by atoms with E-state index in [1.54, 1.807) is 21.0 Å². The average Bonchev–Trinajstić information content (AvgIpc) is 2.53. The Labute approximate surface area is 144 Å². The van der Waals surface area contributed by atoms with Crippen molar-refractivity contribution >= 4 is 26.8 Å². The Morgan fingerprint density at radius 1 is 1.16 bits per heavy atom. The predicted octanol–water partition coefficient (Wildman–Crippen LogP) is -0.295. The molecule has 2 aromatic rings. The Kier molecular flexibility index (Phi) is 5.43. The lowest BCUT2D eigenvalue weighted by Crippen LogP contribution is -2.40. The van der Waals surface area contributed by atoms with E-state index in [0.717, 1.165) is 4.31 Å². The van der Waals surface area contributed by atoms with Gasteiger partial charge in [-0.3, -0.25) is 14.6 Å². The number of nitrogens with one attached hydrogen (secondary N) is 2. The summed E-state index contributed by atoms with van der Waals surface area (Å²) in [5.41, 5.74) is -1.11. The maximum absolute atomic E-state index is 12.9. The van der Waals surface area contributed by atoms with E-state index in [1.165, 1.54) is 23.1 Å². The fourth-order valence-corrected chi connectivity index (χ4v) is 3.79. The van der Waals surface area contributed by atoms with Crippen molar-refractivity contribution in [2.45, 2.75) is 18.2 Å². The summed E-state index contributed by atoms with van der Waals surface area (Å²) in [5, 5.41) is 0.0519. The molecule has 0 saturated heterocycles. The molecule has 10 heteroatoms. The largest absolute Gasteiger partial charge is 0.348 e. The third-order valence-electron chi connectivity index (χ3n) is 3.63.